The molecule has 0 aliphatic heterocycles. The second kappa shape index (κ2) is 8.44. The first-order valence-corrected chi connectivity index (χ1v) is 8.50. The van der Waals surface area contributed by atoms with Gasteiger partial charge in [0.1, 0.15) is 5.01 Å². The number of hydrogen-bond donors (Lipinski definition) is 1. The number of amides is 2. The molecule has 1 heterocycles. The zero-order valence-electron chi connectivity index (χ0n) is 14.0. The zero-order chi connectivity index (χ0) is 17.5. The molecule has 0 unspecified atom stereocenters. The highest BCUT2D eigenvalue weighted by atomic mass is 32.1. The molecule has 0 aliphatic rings. The van der Waals surface area contributed by atoms with E-state index in [4.69, 9.17) is 0 Å². The summed E-state index contributed by atoms with van der Waals surface area (Å²) in [5.74, 6) is -0.470. The van der Waals surface area contributed by atoms with Crippen LogP contribution >= 0.6 is 11.3 Å². The number of esters is 1. The Balaban J connectivity index is 1.99. The van der Waals surface area contributed by atoms with Gasteiger partial charge in [-0.2, -0.15) is 0 Å². The number of hydrogen-bond acceptors (Lipinski definition) is 5. The van der Waals surface area contributed by atoms with Crippen molar-refractivity contribution in [1.29, 1.82) is 0 Å². The Morgan fingerprint density at radius 2 is 2.00 bits per heavy atom. The number of rotatable bonds is 6. The van der Waals surface area contributed by atoms with Crippen LogP contribution in [0.4, 0.5) is 4.79 Å². The van der Waals surface area contributed by atoms with Gasteiger partial charge >= 0.3 is 12.0 Å². The number of carbonyl (C=O) groups excluding carboxylic acids is 2. The number of nitrogens with one attached hydrogen (secondary N) is 1. The zero-order valence-corrected chi connectivity index (χ0v) is 14.8. The van der Waals surface area contributed by atoms with Gasteiger partial charge in [0.25, 0.3) is 0 Å². The molecular weight excluding hydrogens is 326 g/mol. The van der Waals surface area contributed by atoms with Gasteiger partial charge in [-0.3, -0.25) is 0 Å². The second-order valence-corrected chi connectivity index (χ2v) is 6.43. The van der Waals surface area contributed by atoms with E-state index < -0.39 is 5.97 Å². The third-order valence-corrected chi connectivity index (χ3v) is 4.26. The Morgan fingerprint density at radius 1 is 1.29 bits per heavy atom. The molecule has 0 aliphatic carbocycles. The van der Waals surface area contributed by atoms with E-state index in [1.165, 1.54) is 18.4 Å². The maximum Gasteiger partial charge on any atom is 0.357 e. The fraction of sp³-hybridized carbons (Fsp3) is 0.353. The van der Waals surface area contributed by atoms with Crippen molar-refractivity contribution >= 4 is 23.3 Å². The van der Waals surface area contributed by atoms with Crippen molar-refractivity contribution in [3.8, 4) is 0 Å². The normalized spacial score (nSPS) is 10.5. The topological polar surface area (TPSA) is 71.5 Å². The van der Waals surface area contributed by atoms with Crippen molar-refractivity contribution in [2.24, 2.45) is 0 Å². The summed E-state index contributed by atoms with van der Waals surface area (Å²) in [6.45, 7) is 4.70. The van der Waals surface area contributed by atoms with E-state index in [0.717, 1.165) is 5.56 Å². The number of ether oxygens (including phenoxy) is 1. The molecule has 0 bridgehead atoms. The van der Waals surface area contributed by atoms with Crippen LogP contribution in [0, 0.1) is 0 Å². The van der Waals surface area contributed by atoms with E-state index in [1.807, 2.05) is 44.2 Å². The lowest BCUT2D eigenvalue weighted by Gasteiger charge is -2.26. The van der Waals surface area contributed by atoms with E-state index in [-0.39, 0.29) is 17.8 Å². The minimum Gasteiger partial charge on any atom is -0.464 e. The van der Waals surface area contributed by atoms with Crippen LogP contribution in [-0.2, 0) is 17.8 Å². The molecule has 1 aromatic carbocycles. The average Bonchev–Trinajstić information content (AvgIpc) is 3.06. The third-order valence-electron chi connectivity index (χ3n) is 3.42. The van der Waals surface area contributed by atoms with Gasteiger partial charge in [-0.1, -0.05) is 30.3 Å². The van der Waals surface area contributed by atoms with Gasteiger partial charge in [0.15, 0.2) is 5.69 Å². The first kappa shape index (κ1) is 17.9. The van der Waals surface area contributed by atoms with Crippen molar-refractivity contribution in [2.75, 3.05) is 7.11 Å². The molecule has 2 aromatic rings. The summed E-state index contributed by atoms with van der Waals surface area (Å²) in [5.41, 5.74) is 1.31. The Labute approximate surface area is 145 Å². The van der Waals surface area contributed by atoms with Crippen molar-refractivity contribution in [3.63, 3.8) is 0 Å². The van der Waals surface area contributed by atoms with E-state index in [2.05, 4.69) is 15.0 Å². The Kier molecular flexibility index (Phi) is 6.31. The summed E-state index contributed by atoms with van der Waals surface area (Å²) in [6.07, 6.45) is 0. The van der Waals surface area contributed by atoms with Crippen molar-refractivity contribution in [2.45, 2.75) is 33.0 Å². The summed E-state index contributed by atoms with van der Waals surface area (Å²) in [7, 11) is 1.32. The van der Waals surface area contributed by atoms with Crippen molar-refractivity contribution in [3.05, 3.63) is 52.0 Å². The number of carbonyl (C=O) groups is 2. The molecule has 1 N–H and O–H groups in total. The highest BCUT2D eigenvalue weighted by Crippen LogP contribution is 2.15. The first-order chi connectivity index (χ1) is 11.5. The van der Waals surface area contributed by atoms with Crippen LogP contribution in [0.3, 0.4) is 0 Å². The number of aromatic nitrogens is 1. The molecule has 24 heavy (non-hydrogen) atoms. The Hall–Kier alpha value is -2.41. The lowest BCUT2D eigenvalue weighted by Crippen LogP contribution is -2.43. The summed E-state index contributed by atoms with van der Waals surface area (Å²) in [5, 5.41) is 5.25. The highest BCUT2D eigenvalue weighted by Gasteiger charge is 2.20. The first-order valence-electron chi connectivity index (χ1n) is 7.62. The lowest BCUT2D eigenvalue weighted by molar-refractivity contribution is 0.0594. The van der Waals surface area contributed by atoms with E-state index in [0.29, 0.717) is 18.1 Å². The van der Waals surface area contributed by atoms with Crippen LogP contribution in [0.15, 0.2) is 35.7 Å². The molecular formula is C17H21N3O3S. The predicted molar refractivity (Wildman–Crippen MR) is 92.8 cm³/mol. The minimum absolute atomic E-state index is 0.00579. The summed E-state index contributed by atoms with van der Waals surface area (Å²) in [4.78, 5) is 29.8. The molecule has 0 saturated carbocycles. The lowest BCUT2D eigenvalue weighted by atomic mass is 10.2. The van der Waals surface area contributed by atoms with Crippen LogP contribution in [0.2, 0.25) is 0 Å². The molecule has 128 valence electrons. The van der Waals surface area contributed by atoms with Crippen LogP contribution in [-0.4, -0.2) is 35.0 Å². The van der Waals surface area contributed by atoms with Crippen LogP contribution < -0.4 is 5.32 Å². The Morgan fingerprint density at radius 3 is 2.62 bits per heavy atom. The molecule has 2 rings (SSSR count). The third kappa shape index (κ3) is 4.79. The molecule has 0 radical (unpaired) electrons. The van der Waals surface area contributed by atoms with Gasteiger partial charge in [-0.15, -0.1) is 11.3 Å². The molecule has 0 saturated heterocycles. The predicted octanol–water partition coefficient (Wildman–Crippen LogP) is 3.05. The van der Waals surface area contributed by atoms with Gasteiger partial charge in [-0.05, 0) is 19.4 Å². The van der Waals surface area contributed by atoms with Gasteiger partial charge < -0.3 is 15.0 Å². The quantitative estimate of drug-likeness (QED) is 0.815. The molecule has 0 fully saturated rings. The standard InChI is InChI=1S/C17H21N3O3S/c1-12(2)20(10-15-19-14(11-24-15)16(21)23-3)17(22)18-9-13-7-5-4-6-8-13/h4-8,11-12H,9-10H2,1-3H3,(H,18,22). The largest absolute Gasteiger partial charge is 0.464 e. The molecule has 2 amide bonds. The monoisotopic (exact) mass is 347 g/mol. The Bertz CT molecular complexity index is 685. The SMILES string of the molecule is COC(=O)c1csc(CN(C(=O)NCc2ccccc2)C(C)C)n1. The van der Waals surface area contributed by atoms with Gasteiger partial charge in [0.2, 0.25) is 0 Å². The number of urea groups is 1. The van der Waals surface area contributed by atoms with Gasteiger partial charge in [-0.25, -0.2) is 14.6 Å². The molecule has 7 heteroatoms. The van der Waals surface area contributed by atoms with Crippen molar-refractivity contribution < 1.29 is 14.3 Å². The van der Waals surface area contributed by atoms with Crippen LogP contribution in [0.1, 0.15) is 34.9 Å². The van der Waals surface area contributed by atoms with E-state index in [9.17, 15) is 9.59 Å². The number of nitrogens with zero attached hydrogens (tertiary/aromatic N) is 2. The maximum absolute atomic E-state index is 12.5. The van der Waals surface area contributed by atoms with Gasteiger partial charge in [0, 0.05) is 18.0 Å². The fourth-order valence-corrected chi connectivity index (χ4v) is 2.85. The van der Waals surface area contributed by atoms with Crippen LogP contribution in [0.5, 0.6) is 0 Å². The molecule has 1 aromatic heterocycles. The molecule has 0 spiro atoms. The van der Waals surface area contributed by atoms with E-state index in [1.54, 1.807) is 10.3 Å². The number of methoxy groups -OCH3 is 1. The molecule has 0 atom stereocenters. The summed E-state index contributed by atoms with van der Waals surface area (Å²) >= 11 is 1.34. The average molecular weight is 347 g/mol. The molecule has 6 nitrogen and oxygen atoms in total. The van der Waals surface area contributed by atoms with Crippen molar-refractivity contribution in [1.82, 2.24) is 15.2 Å². The number of benzene rings is 1. The summed E-state index contributed by atoms with van der Waals surface area (Å²) < 4.78 is 4.65. The number of thiazole rings is 1. The smallest absolute Gasteiger partial charge is 0.357 e. The maximum atomic E-state index is 12.5. The summed E-state index contributed by atoms with van der Waals surface area (Å²) in [6, 6.07) is 9.58. The highest BCUT2D eigenvalue weighted by molar-refractivity contribution is 7.09. The van der Waals surface area contributed by atoms with Crippen LogP contribution in [0.25, 0.3) is 0 Å². The fourth-order valence-electron chi connectivity index (χ4n) is 2.09. The van der Waals surface area contributed by atoms with E-state index >= 15 is 0 Å². The second-order valence-electron chi connectivity index (χ2n) is 5.48. The van der Waals surface area contributed by atoms with Gasteiger partial charge in [0.05, 0.1) is 13.7 Å². The minimum atomic E-state index is -0.470.